The summed E-state index contributed by atoms with van der Waals surface area (Å²) in [6.45, 7) is 4.47. The van der Waals surface area contributed by atoms with Gasteiger partial charge in [-0.05, 0) is 50.9 Å². The van der Waals surface area contributed by atoms with E-state index in [1.165, 1.54) is 18.2 Å². The molecule has 1 aromatic rings. The van der Waals surface area contributed by atoms with Gasteiger partial charge < -0.3 is 14.8 Å². The number of unbranched alkanes of at least 4 members (excludes halogenated alkanes) is 2. The van der Waals surface area contributed by atoms with Crippen LogP contribution < -0.4 is 14.8 Å². The van der Waals surface area contributed by atoms with E-state index in [0.717, 1.165) is 38.8 Å². The summed E-state index contributed by atoms with van der Waals surface area (Å²) in [6, 6.07) is 5.82. The Labute approximate surface area is 123 Å². The number of hydrogen-bond acceptors (Lipinski definition) is 3. The molecule has 0 saturated heterocycles. The third kappa shape index (κ3) is 8.45. The first-order valence-corrected chi connectivity index (χ1v) is 7.21. The van der Waals surface area contributed by atoms with Crippen molar-refractivity contribution in [2.24, 2.45) is 0 Å². The Hall–Kier alpha value is -1.43. The molecular weight excluding hydrogens is 283 g/mol. The van der Waals surface area contributed by atoms with E-state index in [0.29, 0.717) is 6.61 Å². The summed E-state index contributed by atoms with van der Waals surface area (Å²) in [4.78, 5) is 0. The molecule has 0 atom stereocenters. The van der Waals surface area contributed by atoms with Crippen LogP contribution in [0, 0.1) is 0 Å². The maximum absolute atomic E-state index is 12.2. The van der Waals surface area contributed by atoms with Crippen LogP contribution in [-0.2, 0) is 0 Å². The number of hydrogen-bond donors (Lipinski definition) is 1. The first-order chi connectivity index (χ1) is 10.0. The summed E-state index contributed by atoms with van der Waals surface area (Å²) < 4.78 is 46.0. The van der Waals surface area contributed by atoms with E-state index in [1.54, 1.807) is 6.07 Å². The molecule has 1 aromatic carbocycles. The van der Waals surface area contributed by atoms with Gasteiger partial charge in [0.1, 0.15) is 0 Å². The number of benzene rings is 1. The first kappa shape index (κ1) is 17.6. The van der Waals surface area contributed by atoms with E-state index in [1.807, 2.05) is 0 Å². The van der Waals surface area contributed by atoms with Crippen molar-refractivity contribution in [2.45, 2.75) is 39.0 Å². The number of halogens is 3. The lowest BCUT2D eigenvalue weighted by molar-refractivity contribution is -0.275. The number of nitrogens with one attached hydrogen (secondary N) is 1. The van der Waals surface area contributed by atoms with Crippen molar-refractivity contribution in [3.05, 3.63) is 24.3 Å². The lowest BCUT2D eigenvalue weighted by Crippen LogP contribution is -2.18. The molecule has 1 N–H and O–H groups in total. The van der Waals surface area contributed by atoms with Crippen molar-refractivity contribution in [2.75, 3.05) is 19.7 Å². The average molecular weight is 305 g/mol. The third-order valence-corrected chi connectivity index (χ3v) is 2.76. The van der Waals surface area contributed by atoms with Crippen molar-refractivity contribution < 1.29 is 22.6 Å². The number of rotatable bonds is 10. The molecule has 1 rings (SSSR count). The van der Waals surface area contributed by atoms with Gasteiger partial charge in [0, 0.05) is 0 Å². The summed E-state index contributed by atoms with van der Waals surface area (Å²) >= 11 is 0. The molecule has 0 aliphatic rings. The largest absolute Gasteiger partial charge is 0.573 e. The van der Waals surface area contributed by atoms with Crippen molar-refractivity contribution in [3.63, 3.8) is 0 Å². The van der Waals surface area contributed by atoms with Gasteiger partial charge in [-0.25, -0.2) is 0 Å². The fourth-order valence-corrected chi connectivity index (χ4v) is 1.79. The van der Waals surface area contributed by atoms with Crippen LogP contribution in [-0.4, -0.2) is 26.1 Å². The normalized spacial score (nSPS) is 11.4. The van der Waals surface area contributed by atoms with Crippen LogP contribution in [0.15, 0.2) is 24.3 Å². The van der Waals surface area contributed by atoms with Gasteiger partial charge in [0.05, 0.1) is 6.61 Å². The third-order valence-electron chi connectivity index (χ3n) is 2.76. The predicted octanol–water partition coefficient (Wildman–Crippen LogP) is 4.13. The molecule has 21 heavy (non-hydrogen) atoms. The van der Waals surface area contributed by atoms with Crippen LogP contribution in [0.4, 0.5) is 13.2 Å². The fraction of sp³-hybridized carbons (Fsp3) is 0.600. The SMILES string of the molecule is CCCNCCCCCOc1ccccc1OC(F)(F)F. The second-order valence-electron chi connectivity index (χ2n) is 4.65. The Morgan fingerprint density at radius 2 is 1.71 bits per heavy atom. The van der Waals surface area contributed by atoms with E-state index in [9.17, 15) is 13.2 Å². The summed E-state index contributed by atoms with van der Waals surface area (Å²) in [6.07, 6.45) is -0.791. The highest BCUT2D eigenvalue weighted by Crippen LogP contribution is 2.31. The zero-order valence-electron chi connectivity index (χ0n) is 12.2. The fourth-order valence-electron chi connectivity index (χ4n) is 1.79. The second-order valence-corrected chi connectivity index (χ2v) is 4.65. The highest BCUT2D eigenvalue weighted by atomic mass is 19.4. The maximum atomic E-state index is 12.2. The van der Waals surface area contributed by atoms with Gasteiger partial charge in [0.2, 0.25) is 0 Å². The van der Waals surface area contributed by atoms with E-state index < -0.39 is 6.36 Å². The van der Waals surface area contributed by atoms with Gasteiger partial charge in [0.15, 0.2) is 11.5 Å². The van der Waals surface area contributed by atoms with Gasteiger partial charge in [-0.15, -0.1) is 13.2 Å². The number of para-hydroxylation sites is 2. The maximum Gasteiger partial charge on any atom is 0.573 e. The van der Waals surface area contributed by atoms with E-state index in [-0.39, 0.29) is 11.5 Å². The van der Waals surface area contributed by atoms with Crippen molar-refractivity contribution in [3.8, 4) is 11.5 Å². The molecule has 120 valence electrons. The molecule has 3 nitrogen and oxygen atoms in total. The molecule has 0 aliphatic heterocycles. The number of alkyl halides is 3. The van der Waals surface area contributed by atoms with Gasteiger partial charge in [-0.1, -0.05) is 19.1 Å². The molecule has 0 amide bonds. The molecule has 6 heteroatoms. The first-order valence-electron chi connectivity index (χ1n) is 7.21. The van der Waals surface area contributed by atoms with E-state index >= 15 is 0 Å². The summed E-state index contributed by atoms with van der Waals surface area (Å²) in [5.74, 6) is -0.173. The monoisotopic (exact) mass is 305 g/mol. The standard InChI is InChI=1S/C15H22F3NO2/c1-2-10-19-11-6-3-7-12-20-13-8-4-5-9-14(13)21-15(16,17)18/h4-5,8-9,19H,2-3,6-7,10-12H2,1H3. The smallest absolute Gasteiger partial charge is 0.490 e. The Morgan fingerprint density at radius 1 is 1.00 bits per heavy atom. The molecule has 0 unspecified atom stereocenters. The van der Waals surface area contributed by atoms with Crippen LogP contribution in [0.2, 0.25) is 0 Å². The lowest BCUT2D eigenvalue weighted by Gasteiger charge is -2.13. The van der Waals surface area contributed by atoms with E-state index in [4.69, 9.17) is 4.74 Å². The molecule has 0 aromatic heterocycles. The van der Waals surface area contributed by atoms with Crippen LogP contribution in [0.1, 0.15) is 32.6 Å². The number of ether oxygens (including phenoxy) is 2. The highest BCUT2D eigenvalue weighted by molar-refractivity contribution is 5.39. The average Bonchev–Trinajstić information content (AvgIpc) is 2.42. The predicted molar refractivity (Wildman–Crippen MR) is 75.6 cm³/mol. The molecule has 0 spiro atoms. The molecule has 0 aliphatic carbocycles. The molecule has 0 heterocycles. The Morgan fingerprint density at radius 3 is 2.38 bits per heavy atom. The summed E-state index contributed by atoms with van der Waals surface area (Å²) in [5.41, 5.74) is 0. The Kier molecular flexibility index (Phi) is 7.97. The van der Waals surface area contributed by atoms with Crippen molar-refractivity contribution in [1.82, 2.24) is 5.32 Å². The van der Waals surface area contributed by atoms with Crippen LogP contribution in [0.25, 0.3) is 0 Å². The topological polar surface area (TPSA) is 30.5 Å². The Bertz CT molecular complexity index is 397. The minimum absolute atomic E-state index is 0.124. The quantitative estimate of drug-likeness (QED) is 0.659. The van der Waals surface area contributed by atoms with Crippen LogP contribution in [0.3, 0.4) is 0 Å². The zero-order valence-corrected chi connectivity index (χ0v) is 12.2. The zero-order chi connectivity index (χ0) is 15.6. The van der Waals surface area contributed by atoms with Crippen molar-refractivity contribution in [1.29, 1.82) is 0 Å². The minimum Gasteiger partial charge on any atom is -0.490 e. The van der Waals surface area contributed by atoms with Crippen LogP contribution >= 0.6 is 0 Å². The molecule has 0 radical (unpaired) electrons. The van der Waals surface area contributed by atoms with Gasteiger partial charge in [-0.2, -0.15) is 0 Å². The van der Waals surface area contributed by atoms with Gasteiger partial charge >= 0.3 is 6.36 Å². The molecule has 0 saturated carbocycles. The van der Waals surface area contributed by atoms with Crippen molar-refractivity contribution >= 4 is 0 Å². The van der Waals surface area contributed by atoms with Crippen LogP contribution in [0.5, 0.6) is 11.5 Å². The Balaban J connectivity index is 2.26. The lowest BCUT2D eigenvalue weighted by atomic mass is 10.2. The van der Waals surface area contributed by atoms with E-state index in [2.05, 4.69) is 17.0 Å². The summed E-state index contributed by atoms with van der Waals surface area (Å²) in [7, 11) is 0. The minimum atomic E-state index is -4.70. The second kappa shape index (κ2) is 9.50. The summed E-state index contributed by atoms with van der Waals surface area (Å²) in [5, 5.41) is 3.29. The van der Waals surface area contributed by atoms with Gasteiger partial charge in [-0.3, -0.25) is 0 Å². The highest BCUT2D eigenvalue weighted by Gasteiger charge is 2.32. The molecule has 0 fully saturated rings. The van der Waals surface area contributed by atoms with Gasteiger partial charge in [0.25, 0.3) is 0 Å². The molecular formula is C15H22F3NO2. The molecule has 0 bridgehead atoms.